The summed E-state index contributed by atoms with van der Waals surface area (Å²) in [4.78, 5) is 36.1. The lowest BCUT2D eigenvalue weighted by atomic mass is 10.0. The van der Waals surface area contributed by atoms with E-state index in [-0.39, 0.29) is 29.8 Å². The smallest absolute Gasteiger partial charge is 0.303 e. The minimum Gasteiger partial charge on any atom is -0.481 e. The van der Waals surface area contributed by atoms with E-state index < -0.39 is 45.5 Å². The number of carbonyl (C=O) groups excluding carboxylic acids is 2. The molecular formula is C24H30F2N2O5S. The second-order valence-electron chi connectivity index (χ2n) is 8.52. The van der Waals surface area contributed by atoms with Crippen LogP contribution in [0.25, 0.3) is 0 Å². The van der Waals surface area contributed by atoms with Gasteiger partial charge in [0.1, 0.15) is 17.7 Å². The summed E-state index contributed by atoms with van der Waals surface area (Å²) >= 11 is 0. The molecule has 2 aromatic carbocycles. The molecule has 2 amide bonds. The number of carbonyl (C=O) groups is 3. The molecule has 3 N–H and O–H groups in total. The van der Waals surface area contributed by atoms with Crippen LogP contribution in [0.2, 0.25) is 0 Å². The standard InChI is InChI=1S/C24H30F2N2O5S/c1-33-14-15-8-10-16(11-9-15)22(28-20(29)6-5-7-21(30)31)24(32)27-17-12-18(25)23(19(26)13-17)34(2,3)4/h8-13,22H,5-7,14H2,1-4H3,(H,27,32)(H,28,29)(H,30,31)/t22-/m1/s1. The van der Waals surface area contributed by atoms with E-state index in [2.05, 4.69) is 10.6 Å². The van der Waals surface area contributed by atoms with Gasteiger partial charge in [-0.15, -0.1) is 0 Å². The molecule has 0 saturated carbocycles. The molecule has 0 spiro atoms. The van der Waals surface area contributed by atoms with Gasteiger partial charge in [0.15, 0.2) is 0 Å². The number of benzene rings is 2. The van der Waals surface area contributed by atoms with Gasteiger partial charge in [0, 0.05) is 25.6 Å². The van der Waals surface area contributed by atoms with E-state index in [1.54, 1.807) is 50.1 Å². The number of amides is 2. The predicted octanol–water partition coefficient (Wildman–Crippen LogP) is 4.22. The Morgan fingerprint density at radius 3 is 2.12 bits per heavy atom. The first-order valence-electron chi connectivity index (χ1n) is 10.5. The van der Waals surface area contributed by atoms with Crippen LogP contribution in [0.3, 0.4) is 0 Å². The van der Waals surface area contributed by atoms with E-state index >= 15 is 0 Å². The highest BCUT2D eigenvalue weighted by atomic mass is 32.3. The van der Waals surface area contributed by atoms with Crippen LogP contribution in [0.15, 0.2) is 41.3 Å². The highest BCUT2D eigenvalue weighted by molar-refractivity contribution is 8.32. The first kappa shape index (κ1) is 27.3. The average molecular weight is 497 g/mol. The first-order valence-corrected chi connectivity index (χ1v) is 13.4. The zero-order valence-corrected chi connectivity index (χ0v) is 20.4. The molecule has 0 unspecified atom stereocenters. The summed E-state index contributed by atoms with van der Waals surface area (Å²) in [6, 6.07) is 7.70. The van der Waals surface area contributed by atoms with Crippen LogP contribution in [-0.2, 0) is 25.7 Å². The van der Waals surface area contributed by atoms with Crippen LogP contribution in [0.4, 0.5) is 14.5 Å². The second-order valence-corrected chi connectivity index (χ2v) is 12.6. The lowest BCUT2D eigenvalue weighted by molar-refractivity contribution is -0.137. The van der Waals surface area contributed by atoms with Crippen molar-refractivity contribution in [2.24, 2.45) is 0 Å². The van der Waals surface area contributed by atoms with Crippen molar-refractivity contribution in [3.05, 3.63) is 59.2 Å². The highest BCUT2D eigenvalue weighted by Gasteiger charge is 2.25. The normalized spacial score (nSPS) is 12.6. The number of anilines is 1. The van der Waals surface area contributed by atoms with Crippen molar-refractivity contribution in [3.63, 3.8) is 0 Å². The molecule has 0 aliphatic rings. The lowest BCUT2D eigenvalue weighted by Crippen LogP contribution is -2.37. The number of rotatable bonds is 11. The number of ether oxygens (including phenoxy) is 1. The summed E-state index contributed by atoms with van der Waals surface area (Å²) < 4.78 is 34.3. The van der Waals surface area contributed by atoms with E-state index in [1.165, 1.54) is 0 Å². The summed E-state index contributed by atoms with van der Waals surface area (Å²) in [5, 5.41) is 13.8. The van der Waals surface area contributed by atoms with Gasteiger partial charge in [-0.3, -0.25) is 14.4 Å². The Morgan fingerprint density at radius 2 is 1.62 bits per heavy atom. The fourth-order valence-electron chi connectivity index (χ4n) is 3.34. The topological polar surface area (TPSA) is 105 Å². The van der Waals surface area contributed by atoms with Crippen LogP contribution in [0, 0.1) is 11.6 Å². The second kappa shape index (κ2) is 11.9. The number of carboxylic acids is 1. The minimum atomic E-state index is -1.68. The van der Waals surface area contributed by atoms with Gasteiger partial charge in [-0.2, -0.15) is 0 Å². The van der Waals surface area contributed by atoms with Gasteiger partial charge in [-0.1, -0.05) is 24.3 Å². The number of aliphatic carboxylic acids is 1. The Labute approximate surface area is 199 Å². The van der Waals surface area contributed by atoms with Crippen molar-refractivity contribution in [3.8, 4) is 0 Å². The summed E-state index contributed by atoms with van der Waals surface area (Å²) in [5.74, 6) is -3.75. The van der Waals surface area contributed by atoms with E-state index in [9.17, 15) is 23.2 Å². The van der Waals surface area contributed by atoms with E-state index in [4.69, 9.17) is 9.84 Å². The van der Waals surface area contributed by atoms with Crippen LogP contribution in [-0.4, -0.2) is 48.8 Å². The largest absolute Gasteiger partial charge is 0.481 e. The Balaban J connectivity index is 2.28. The van der Waals surface area contributed by atoms with Gasteiger partial charge in [0.2, 0.25) is 5.91 Å². The molecule has 0 aromatic heterocycles. The number of methoxy groups -OCH3 is 1. The van der Waals surface area contributed by atoms with Gasteiger partial charge >= 0.3 is 5.97 Å². The van der Waals surface area contributed by atoms with Crippen molar-refractivity contribution in [1.29, 1.82) is 0 Å². The van der Waals surface area contributed by atoms with Gasteiger partial charge in [-0.25, -0.2) is 18.8 Å². The predicted molar refractivity (Wildman–Crippen MR) is 128 cm³/mol. The summed E-state index contributed by atoms with van der Waals surface area (Å²) in [6.45, 7) is 0.360. The van der Waals surface area contributed by atoms with E-state index in [1.807, 2.05) is 0 Å². The molecular weight excluding hydrogens is 466 g/mol. The molecule has 1 atom stereocenters. The molecule has 2 aromatic rings. The van der Waals surface area contributed by atoms with Crippen molar-refractivity contribution in [1.82, 2.24) is 5.32 Å². The lowest BCUT2D eigenvalue weighted by Gasteiger charge is -2.27. The third-order valence-corrected chi connectivity index (χ3v) is 6.48. The van der Waals surface area contributed by atoms with Crippen LogP contribution >= 0.6 is 10.0 Å². The van der Waals surface area contributed by atoms with Gasteiger partial charge in [-0.05, 0) is 48.4 Å². The number of hydrogen-bond acceptors (Lipinski definition) is 4. The molecule has 0 fully saturated rings. The SMILES string of the molecule is COCc1ccc([C@@H](NC(=O)CCCC(=O)O)C(=O)Nc2cc(F)c(S(C)(C)C)c(F)c2)cc1. The number of nitrogens with one attached hydrogen (secondary N) is 2. The van der Waals surface area contributed by atoms with Gasteiger partial charge in [0.25, 0.3) is 5.91 Å². The molecule has 34 heavy (non-hydrogen) atoms. The van der Waals surface area contributed by atoms with Crippen molar-refractivity contribution in [2.75, 3.05) is 31.2 Å². The fourth-order valence-corrected chi connectivity index (χ4v) is 4.63. The Kier molecular flexibility index (Phi) is 9.57. The van der Waals surface area contributed by atoms with Crippen LogP contribution < -0.4 is 10.6 Å². The fraction of sp³-hybridized carbons (Fsp3) is 0.375. The molecule has 186 valence electrons. The number of halogens is 2. The monoisotopic (exact) mass is 496 g/mol. The summed E-state index contributed by atoms with van der Waals surface area (Å²) in [6.07, 6.45) is 5.11. The number of hydrogen-bond donors (Lipinski definition) is 3. The number of carboxylic acid groups (broad SMARTS) is 1. The Hall–Kier alpha value is -2.98. The molecule has 10 heteroatoms. The third kappa shape index (κ3) is 7.81. The minimum absolute atomic E-state index is 0.0116. The summed E-state index contributed by atoms with van der Waals surface area (Å²) in [7, 11) is -0.132. The quantitative estimate of drug-likeness (QED) is 0.432. The first-order chi connectivity index (χ1) is 15.9. The third-order valence-electron chi connectivity index (χ3n) is 4.86. The van der Waals surface area contributed by atoms with Crippen molar-refractivity contribution >= 4 is 33.5 Å². The molecule has 0 saturated heterocycles. The molecule has 0 bridgehead atoms. The molecule has 7 nitrogen and oxygen atoms in total. The Bertz CT molecular complexity index is 1020. The maximum atomic E-state index is 14.6. The zero-order valence-electron chi connectivity index (χ0n) is 19.6. The molecule has 2 rings (SSSR count). The van der Waals surface area contributed by atoms with Crippen molar-refractivity contribution in [2.45, 2.75) is 36.8 Å². The van der Waals surface area contributed by atoms with E-state index in [0.29, 0.717) is 12.2 Å². The van der Waals surface area contributed by atoms with E-state index in [0.717, 1.165) is 17.7 Å². The average Bonchev–Trinajstić information content (AvgIpc) is 2.71. The molecule has 0 heterocycles. The van der Waals surface area contributed by atoms with Gasteiger partial charge in [0.05, 0.1) is 11.5 Å². The highest BCUT2D eigenvalue weighted by Crippen LogP contribution is 2.48. The maximum absolute atomic E-state index is 14.6. The van der Waals surface area contributed by atoms with Gasteiger partial charge < -0.3 is 20.5 Å². The molecule has 0 radical (unpaired) electrons. The van der Waals surface area contributed by atoms with Crippen molar-refractivity contribution < 1.29 is 33.0 Å². The zero-order chi connectivity index (χ0) is 25.5. The van der Waals surface area contributed by atoms with Crippen LogP contribution in [0.1, 0.15) is 36.4 Å². The molecule has 0 aliphatic carbocycles. The van der Waals surface area contributed by atoms with Crippen LogP contribution in [0.5, 0.6) is 0 Å². The Morgan fingerprint density at radius 1 is 1.03 bits per heavy atom. The summed E-state index contributed by atoms with van der Waals surface area (Å²) in [5.41, 5.74) is 1.22. The maximum Gasteiger partial charge on any atom is 0.303 e. The molecule has 0 aliphatic heterocycles.